The average molecular weight is 467 g/mol. The summed E-state index contributed by atoms with van der Waals surface area (Å²) in [6.07, 6.45) is -0.379. The largest absolute Gasteiger partial charge is 0.573 e. The Morgan fingerprint density at radius 2 is 1.84 bits per heavy atom. The van der Waals surface area contributed by atoms with Crippen LogP contribution in [0, 0.1) is 6.92 Å². The quantitative estimate of drug-likeness (QED) is 0.559. The Morgan fingerprint density at radius 3 is 2.44 bits per heavy atom. The minimum Gasteiger partial charge on any atom is -0.474 e. The topological polar surface area (TPSA) is 86.5 Å². The molecule has 0 aliphatic rings. The van der Waals surface area contributed by atoms with Crippen LogP contribution in [0.3, 0.4) is 0 Å². The summed E-state index contributed by atoms with van der Waals surface area (Å²) in [5.41, 5.74) is -0.274. The molecular formula is C21H20F3N3O4S. The van der Waals surface area contributed by atoms with Crippen LogP contribution in [0.4, 0.5) is 13.2 Å². The van der Waals surface area contributed by atoms with Crippen molar-refractivity contribution < 1.29 is 27.8 Å². The molecule has 0 aliphatic heterocycles. The first-order valence-electron chi connectivity index (χ1n) is 9.35. The highest BCUT2D eigenvalue weighted by atomic mass is 32.2. The molecule has 3 aromatic rings. The molecule has 2 aromatic heterocycles. The molecule has 0 saturated carbocycles. The second-order valence-corrected chi connectivity index (χ2v) is 8.51. The molecule has 1 aromatic carbocycles. The summed E-state index contributed by atoms with van der Waals surface area (Å²) in [6.45, 7) is 5.05. The maximum absolute atomic E-state index is 12.9. The lowest BCUT2D eigenvalue weighted by atomic mass is 10.2. The van der Waals surface area contributed by atoms with Gasteiger partial charge in [0.1, 0.15) is 12.4 Å². The zero-order valence-corrected chi connectivity index (χ0v) is 18.2. The first kappa shape index (κ1) is 23.6. The van der Waals surface area contributed by atoms with Gasteiger partial charge in [-0.2, -0.15) is 0 Å². The number of halogens is 3. The summed E-state index contributed by atoms with van der Waals surface area (Å²) in [4.78, 5) is 21.7. The molecule has 3 rings (SSSR count). The molecule has 0 aliphatic carbocycles. The van der Waals surface area contributed by atoms with Crippen molar-refractivity contribution in [2.75, 3.05) is 6.61 Å². The molecule has 170 valence electrons. The zero-order chi connectivity index (χ0) is 23.5. The maximum atomic E-state index is 12.9. The molecule has 0 saturated heterocycles. The van der Waals surface area contributed by atoms with E-state index in [2.05, 4.69) is 14.7 Å². The Hall–Kier alpha value is -3.05. The van der Waals surface area contributed by atoms with Crippen molar-refractivity contribution in [1.82, 2.24) is 14.5 Å². The van der Waals surface area contributed by atoms with Crippen LogP contribution in [0.15, 0.2) is 63.6 Å². The number of hydrogen-bond acceptors (Lipinski definition) is 7. The van der Waals surface area contributed by atoms with Crippen LogP contribution in [-0.2, 0) is 0 Å². The monoisotopic (exact) mass is 467 g/mol. The number of aromatic nitrogens is 3. The second-order valence-electron chi connectivity index (χ2n) is 7.45. The van der Waals surface area contributed by atoms with E-state index in [1.54, 1.807) is 26.8 Å². The fraction of sp³-hybridized carbons (Fsp3) is 0.286. The highest BCUT2D eigenvalue weighted by Gasteiger charge is 2.31. The number of nitrogens with zero attached hydrogens (tertiary/aromatic N) is 3. The summed E-state index contributed by atoms with van der Waals surface area (Å²) in [5.74, 6) is -0.0116. The minimum absolute atomic E-state index is 0.0585. The first-order valence-corrected chi connectivity index (χ1v) is 10.2. The summed E-state index contributed by atoms with van der Waals surface area (Å²) in [6, 6.07) is 6.86. The average Bonchev–Trinajstić information content (AvgIpc) is 2.68. The zero-order valence-electron chi connectivity index (χ0n) is 17.4. The molecule has 7 nitrogen and oxygen atoms in total. The lowest BCUT2D eigenvalue weighted by Crippen LogP contribution is -2.28. The van der Waals surface area contributed by atoms with Crippen LogP contribution in [0.1, 0.15) is 19.4 Å². The molecular weight excluding hydrogens is 447 g/mol. The molecule has 0 bridgehead atoms. The highest BCUT2D eigenvalue weighted by molar-refractivity contribution is 7.99. The molecule has 11 heteroatoms. The molecule has 0 unspecified atom stereocenters. The smallest absolute Gasteiger partial charge is 0.474 e. The van der Waals surface area contributed by atoms with Crippen LogP contribution in [-0.4, -0.2) is 38.2 Å². The van der Waals surface area contributed by atoms with E-state index in [-0.39, 0.29) is 17.4 Å². The number of ether oxygens (including phenoxy) is 2. The van der Waals surface area contributed by atoms with E-state index in [1.807, 2.05) is 0 Å². The SMILES string of the molecule is Cc1cc(-n2ccnc(Sc3ccc(OC(F)(F)F)cc3)c2=O)cnc1OCC(C)(C)O. The number of hydrogen-bond donors (Lipinski definition) is 1. The van der Waals surface area contributed by atoms with Crippen molar-refractivity contribution in [1.29, 1.82) is 0 Å². The molecule has 0 fully saturated rings. The standard InChI is InChI=1S/C21H20F3N3O4S/c1-13-10-14(11-26-17(13)30-12-20(2,3)29)27-9-8-25-18(19(27)28)32-16-6-4-15(5-7-16)31-21(22,23)24/h4-11,29H,12H2,1-3H3. The highest BCUT2D eigenvalue weighted by Crippen LogP contribution is 2.28. The van der Waals surface area contributed by atoms with Crippen LogP contribution >= 0.6 is 11.8 Å². The summed E-state index contributed by atoms with van der Waals surface area (Å²) in [5, 5.41) is 9.93. The third-order valence-electron chi connectivity index (χ3n) is 3.94. The lowest BCUT2D eigenvalue weighted by Gasteiger charge is -2.18. The number of rotatable bonds is 7. The molecule has 0 amide bonds. The van der Waals surface area contributed by atoms with E-state index >= 15 is 0 Å². The van der Waals surface area contributed by atoms with Gasteiger partial charge in [0.15, 0.2) is 5.03 Å². The van der Waals surface area contributed by atoms with E-state index in [0.29, 0.717) is 22.0 Å². The van der Waals surface area contributed by atoms with Crippen molar-refractivity contribution in [3.05, 3.63) is 64.8 Å². The van der Waals surface area contributed by atoms with Gasteiger partial charge in [0, 0.05) is 22.9 Å². The van der Waals surface area contributed by atoms with E-state index in [0.717, 1.165) is 23.9 Å². The van der Waals surface area contributed by atoms with Gasteiger partial charge in [-0.15, -0.1) is 13.2 Å². The first-order chi connectivity index (χ1) is 14.9. The number of benzene rings is 1. The molecule has 0 atom stereocenters. The molecule has 1 N–H and O–H groups in total. The maximum Gasteiger partial charge on any atom is 0.573 e. The molecule has 0 radical (unpaired) electrons. The van der Waals surface area contributed by atoms with Crippen molar-refractivity contribution in [3.63, 3.8) is 0 Å². The van der Waals surface area contributed by atoms with Gasteiger partial charge in [-0.05, 0) is 51.1 Å². The minimum atomic E-state index is -4.77. The summed E-state index contributed by atoms with van der Waals surface area (Å²) >= 11 is 1.01. The molecule has 32 heavy (non-hydrogen) atoms. The van der Waals surface area contributed by atoms with Gasteiger partial charge in [-0.1, -0.05) is 11.8 Å². The van der Waals surface area contributed by atoms with Gasteiger partial charge >= 0.3 is 6.36 Å². The predicted molar refractivity (Wildman–Crippen MR) is 111 cm³/mol. The number of aryl methyl sites for hydroxylation is 1. The van der Waals surface area contributed by atoms with Gasteiger partial charge < -0.3 is 14.6 Å². The van der Waals surface area contributed by atoms with E-state index in [1.165, 1.54) is 35.3 Å². The third-order valence-corrected chi connectivity index (χ3v) is 4.92. The van der Waals surface area contributed by atoms with Crippen molar-refractivity contribution in [3.8, 4) is 17.3 Å². The van der Waals surface area contributed by atoms with Crippen molar-refractivity contribution in [2.45, 2.75) is 42.7 Å². The Morgan fingerprint density at radius 1 is 1.16 bits per heavy atom. The van der Waals surface area contributed by atoms with Crippen LogP contribution < -0.4 is 15.0 Å². The van der Waals surface area contributed by atoms with Gasteiger partial charge in [0.25, 0.3) is 5.56 Å². The van der Waals surface area contributed by atoms with Gasteiger partial charge in [-0.25, -0.2) is 9.97 Å². The summed E-state index contributed by atoms with van der Waals surface area (Å²) < 4.78 is 47.6. The summed E-state index contributed by atoms with van der Waals surface area (Å²) in [7, 11) is 0. The van der Waals surface area contributed by atoms with E-state index in [9.17, 15) is 23.1 Å². The Balaban J connectivity index is 1.80. The van der Waals surface area contributed by atoms with Crippen LogP contribution in [0.2, 0.25) is 0 Å². The Kier molecular flexibility index (Phi) is 6.79. The van der Waals surface area contributed by atoms with Crippen LogP contribution in [0.25, 0.3) is 5.69 Å². The van der Waals surface area contributed by atoms with Gasteiger partial charge in [-0.3, -0.25) is 9.36 Å². The number of pyridine rings is 1. The third kappa shape index (κ3) is 6.47. The van der Waals surface area contributed by atoms with Crippen molar-refractivity contribution >= 4 is 11.8 Å². The van der Waals surface area contributed by atoms with Gasteiger partial charge in [0.05, 0.1) is 17.5 Å². The Labute approximate surface area is 185 Å². The fourth-order valence-electron chi connectivity index (χ4n) is 2.56. The van der Waals surface area contributed by atoms with Crippen LogP contribution in [0.5, 0.6) is 11.6 Å². The predicted octanol–water partition coefficient (Wildman–Crippen LogP) is 4.14. The molecule has 0 spiro atoms. The number of aliphatic hydroxyl groups is 1. The Bertz CT molecular complexity index is 1140. The van der Waals surface area contributed by atoms with Crippen molar-refractivity contribution in [2.24, 2.45) is 0 Å². The van der Waals surface area contributed by atoms with Gasteiger partial charge in [0.2, 0.25) is 5.88 Å². The number of alkyl halides is 3. The second kappa shape index (κ2) is 9.21. The fourth-order valence-corrected chi connectivity index (χ4v) is 3.36. The van der Waals surface area contributed by atoms with E-state index in [4.69, 9.17) is 4.74 Å². The molecule has 2 heterocycles. The lowest BCUT2D eigenvalue weighted by molar-refractivity contribution is -0.274. The van der Waals surface area contributed by atoms with E-state index < -0.39 is 17.5 Å². The normalized spacial score (nSPS) is 12.0.